The largest absolute Gasteiger partial charge is 0.367 e. The first-order chi connectivity index (χ1) is 9.26. The van der Waals surface area contributed by atoms with E-state index in [4.69, 9.17) is 0 Å². The van der Waals surface area contributed by atoms with Crippen LogP contribution >= 0.6 is 0 Å². The summed E-state index contributed by atoms with van der Waals surface area (Å²) < 4.78 is 24.9. The van der Waals surface area contributed by atoms with Gasteiger partial charge in [-0.05, 0) is 36.4 Å². The number of benzene rings is 1. The molecule has 0 spiro atoms. The van der Waals surface area contributed by atoms with Crippen molar-refractivity contribution in [2.24, 2.45) is 0 Å². The Labute approximate surface area is 119 Å². The fraction of sp³-hybridized carbons (Fsp3) is 0.357. The fourth-order valence-electron chi connectivity index (χ4n) is 2.47. The molecule has 1 unspecified atom stereocenters. The first-order valence-electron chi connectivity index (χ1n) is 6.26. The molecule has 0 aliphatic carbocycles. The van der Waals surface area contributed by atoms with E-state index in [1.54, 1.807) is 18.2 Å². The number of carbonyl (C=O) groups is 1. The molecule has 1 aromatic rings. The van der Waals surface area contributed by atoms with E-state index in [1.165, 1.54) is 0 Å². The molecule has 6 heteroatoms. The number of nitrogens with one attached hydrogen (secondary N) is 1. The van der Waals surface area contributed by atoms with E-state index in [-0.39, 0.29) is 11.8 Å². The fourth-order valence-corrected chi connectivity index (χ4v) is 3.03. The van der Waals surface area contributed by atoms with Crippen LogP contribution in [-0.4, -0.2) is 32.4 Å². The molecule has 1 N–H and O–H groups in total. The van der Waals surface area contributed by atoms with Gasteiger partial charge in [0.15, 0.2) is 5.78 Å². The molecule has 0 amide bonds. The van der Waals surface area contributed by atoms with Gasteiger partial charge in [-0.2, -0.15) is 0 Å². The molecule has 0 saturated heterocycles. The van der Waals surface area contributed by atoms with Gasteiger partial charge >= 0.3 is 0 Å². The Morgan fingerprint density at radius 3 is 2.65 bits per heavy atom. The van der Waals surface area contributed by atoms with Crippen molar-refractivity contribution < 1.29 is 13.2 Å². The van der Waals surface area contributed by atoms with Gasteiger partial charge in [0, 0.05) is 19.2 Å². The van der Waals surface area contributed by atoms with E-state index >= 15 is 0 Å². The summed E-state index contributed by atoms with van der Waals surface area (Å²) in [6.07, 6.45) is 3.48. The molecule has 0 bridgehead atoms. The molecular weight excluding hydrogens is 276 g/mol. The molecule has 1 aliphatic rings. The summed E-state index contributed by atoms with van der Waals surface area (Å²) in [4.78, 5) is 14.1. The molecule has 0 saturated carbocycles. The van der Waals surface area contributed by atoms with Crippen molar-refractivity contribution in [3.05, 3.63) is 41.6 Å². The van der Waals surface area contributed by atoms with Crippen LogP contribution in [0.3, 0.4) is 0 Å². The van der Waals surface area contributed by atoms with Crippen molar-refractivity contribution in [1.82, 2.24) is 4.90 Å². The summed E-state index contributed by atoms with van der Waals surface area (Å²) in [7, 11) is -1.47. The minimum absolute atomic E-state index is 0.115. The second-order valence-corrected chi connectivity index (χ2v) is 6.93. The molecule has 0 fully saturated rings. The lowest BCUT2D eigenvalue weighted by atomic mass is 9.94. The van der Waals surface area contributed by atoms with Gasteiger partial charge < -0.3 is 4.90 Å². The second-order valence-electron chi connectivity index (χ2n) is 5.19. The predicted octanol–water partition coefficient (Wildman–Crippen LogP) is 1.91. The number of hydrogen-bond donors (Lipinski definition) is 1. The highest BCUT2D eigenvalue weighted by Crippen LogP contribution is 2.29. The van der Waals surface area contributed by atoms with Crippen molar-refractivity contribution in [3.63, 3.8) is 0 Å². The molecule has 2 rings (SSSR count). The lowest BCUT2D eigenvalue weighted by Crippen LogP contribution is -2.31. The van der Waals surface area contributed by atoms with E-state index in [1.807, 2.05) is 31.1 Å². The van der Waals surface area contributed by atoms with Crippen LogP contribution in [0.5, 0.6) is 0 Å². The molecule has 0 radical (unpaired) electrons. The molecule has 1 heterocycles. The van der Waals surface area contributed by atoms with Crippen molar-refractivity contribution in [2.75, 3.05) is 18.0 Å². The van der Waals surface area contributed by atoms with E-state index in [0.717, 1.165) is 17.4 Å². The number of rotatable bonds is 3. The van der Waals surface area contributed by atoms with Crippen molar-refractivity contribution in [2.45, 2.75) is 19.4 Å². The van der Waals surface area contributed by atoms with Crippen molar-refractivity contribution >= 4 is 21.5 Å². The number of likely N-dealkylation sites (N-methyl/N-ethyl adjacent to an activating group) is 1. The Morgan fingerprint density at radius 1 is 1.35 bits per heavy atom. The summed E-state index contributed by atoms with van der Waals surface area (Å²) in [6.45, 7) is 1.92. The van der Waals surface area contributed by atoms with E-state index < -0.39 is 10.0 Å². The number of sulfonamides is 1. The number of Topliss-reactive ketones (excluding diaryl/α,β-unsaturated/α-hetero) is 1. The Balaban J connectivity index is 2.34. The van der Waals surface area contributed by atoms with Crippen molar-refractivity contribution in [3.8, 4) is 0 Å². The van der Waals surface area contributed by atoms with E-state index in [9.17, 15) is 13.2 Å². The molecule has 108 valence electrons. The Kier molecular flexibility index (Phi) is 3.85. The standard InChI is InChI=1S/C14H18N2O3S/c1-10-7-13(17)14(16(2)9-10)11-5-4-6-12(8-11)15-20(3,18)19/h4-6,8-9,14-15H,7H2,1-3H3. The summed E-state index contributed by atoms with van der Waals surface area (Å²) in [5.74, 6) is 0.115. The van der Waals surface area contributed by atoms with Crippen LogP contribution < -0.4 is 4.72 Å². The zero-order chi connectivity index (χ0) is 14.9. The molecule has 20 heavy (non-hydrogen) atoms. The van der Waals surface area contributed by atoms with E-state index in [0.29, 0.717) is 12.1 Å². The molecule has 1 aliphatic heterocycles. The average Bonchev–Trinajstić information content (AvgIpc) is 2.25. The smallest absolute Gasteiger partial charge is 0.229 e. The first-order valence-corrected chi connectivity index (χ1v) is 8.15. The highest BCUT2D eigenvalue weighted by atomic mass is 32.2. The molecule has 1 aromatic carbocycles. The minimum atomic E-state index is -3.32. The zero-order valence-corrected chi connectivity index (χ0v) is 12.6. The maximum atomic E-state index is 12.2. The van der Waals surface area contributed by atoms with Crippen LogP contribution in [0.25, 0.3) is 0 Å². The van der Waals surface area contributed by atoms with Gasteiger partial charge in [-0.1, -0.05) is 12.1 Å². The minimum Gasteiger partial charge on any atom is -0.367 e. The third kappa shape index (κ3) is 3.39. The maximum Gasteiger partial charge on any atom is 0.229 e. The Morgan fingerprint density at radius 2 is 2.05 bits per heavy atom. The van der Waals surface area contributed by atoms with Gasteiger partial charge in [0.1, 0.15) is 6.04 Å². The van der Waals surface area contributed by atoms with Gasteiger partial charge in [0.2, 0.25) is 10.0 Å². The van der Waals surface area contributed by atoms with Gasteiger partial charge in [0.25, 0.3) is 0 Å². The number of hydrogen-bond acceptors (Lipinski definition) is 4. The SMILES string of the molecule is CC1=CN(C)C(c2cccc(NS(C)(=O)=O)c2)C(=O)C1. The third-order valence-corrected chi connectivity index (χ3v) is 3.70. The van der Waals surface area contributed by atoms with Crippen LogP contribution in [-0.2, 0) is 14.8 Å². The summed E-state index contributed by atoms with van der Waals surface area (Å²) in [6, 6.07) is 6.59. The van der Waals surface area contributed by atoms with Crippen molar-refractivity contribution in [1.29, 1.82) is 0 Å². The number of allylic oxidation sites excluding steroid dienone is 1. The van der Waals surface area contributed by atoms with Crippen LogP contribution in [0, 0.1) is 0 Å². The van der Waals surface area contributed by atoms with Crippen LogP contribution in [0.2, 0.25) is 0 Å². The molecule has 5 nitrogen and oxygen atoms in total. The highest BCUT2D eigenvalue weighted by molar-refractivity contribution is 7.92. The topological polar surface area (TPSA) is 66.5 Å². The highest BCUT2D eigenvalue weighted by Gasteiger charge is 2.27. The van der Waals surface area contributed by atoms with Gasteiger partial charge in [-0.15, -0.1) is 0 Å². The lowest BCUT2D eigenvalue weighted by Gasteiger charge is -2.31. The number of carbonyl (C=O) groups excluding carboxylic acids is 1. The summed E-state index contributed by atoms with van der Waals surface area (Å²) in [5.41, 5.74) is 2.28. The second kappa shape index (κ2) is 5.28. The predicted molar refractivity (Wildman–Crippen MR) is 78.8 cm³/mol. The molecule has 0 aromatic heterocycles. The monoisotopic (exact) mass is 294 g/mol. The Bertz CT molecular complexity index is 665. The third-order valence-electron chi connectivity index (χ3n) is 3.09. The maximum absolute atomic E-state index is 12.2. The van der Waals surface area contributed by atoms with E-state index in [2.05, 4.69) is 4.72 Å². The normalized spacial score (nSPS) is 19.8. The Hall–Kier alpha value is -1.82. The first kappa shape index (κ1) is 14.6. The average molecular weight is 294 g/mol. The van der Waals surface area contributed by atoms with Gasteiger partial charge in [-0.25, -0.2) is 8.42 Å². The summed E-state index contributed by atoms with van der Waals surface area (Å²) in [5, 5.41) is 0. The quantitative estimate of drug-likeness (QED) is 0.924. The number of ketones is 1. The van der Waals surface area contributed by atoms with Gasteiger partial charge in [0.05, 0.1) is 6.26 Å². The van der Waals surface area contributed by atoms with Crippen LogP contribution in [0.15, 0.2) is 36.0 Å². The van der Waals surface area contributed by atoms with Gasteiger partial charge in [-0.3, -0.25) is 9.52 Å². The molecule has 1 atom stereocenters. The number of nitrogens with zero attached hydrogens (tertiary/aromatic N) is 1. The van der Waals surface area contributed by atoms with Crippen LogP contribution in [0.4, 0.5) is 5.69 Å². The zero-order valence-electron chi connectivity index (χ0n) is 11.8. The van der Waals surface area contributed by atoms with Crippen LogP contribution in [0.1, 0.15) is 24.9 Å². The number of anilines is 1. The summed E-state index contributed by atoms with van der Waals surface area (Å²) >= 11 is 0. The lowest BCUT2D eigenvalue weighted by molar-refractivity contribution is -0.123. The molecular formula is C14H18N2O3S.